The van der Waals surface area contributed by atoms with Crippen LogP contribution in [-0.2, 0) is 0 Å². The molecule has 0 amide bonds. The van der Waals surface area contributed by atoms with Crippen molar-refractivity contribution in [3.8, 4) is 0 Å². The van der Waals surface area contributed by atoms with E-state index in [1.165, 1.54) is 0 Å². The van der Waals surface area contributed by atoms with E-state index < -0.39 is 0 Å². The highest BCUT2D eigenvalue weighted by molar-refractivity contribution is 5.43. The van der Waals surface area contributed by atoms with Crippen LogP contribution in [0.5, 0.6) is 0 Å². The molecule has 0 fully saturated rings. The van der Waals surface area contributed by atoms with Gasteiger partial charge in [0.15, 0.2) is 0 Å². The standard InChI is InChI=1S/C11H20N3/c1-14(2,3)9-11(12)13-10-7-5-4-6-8-10/h4-8,11,13H,9,12H2,1-3H3/q+1. The van der Waals surface area contributed by atoms with Crippen LogP contribution in [0.4, 0.5) is 5.69 Å². The molecule has 0 bridgehead atoms. The molecule has 1 unspecified atom stereocenters. The van der Waals surface area contributed by atoms with Gasteiger partial charge in [-0.1, -0.05) is 18.2 Å². The van der Waals surface area contributed by atoms with Crippen molar-refractivity contribution in [1.82, 2.24) is 0 Å². The van der Waals surface area contributed by atoms with Crippen LogP contribution in [0.2, 0.25) is 0 Å². The maximum absolute atomic E-state index is 5.97. The third-order valence-corrected chi connectivity index (χ3v) is 1.87. The lowest BCUT2D eigenvalue weighted by atomic mass is 10.3. The summed E-state index contributed by atoms with van der Waals surface area (Å²) >= 11 is 0. The predicted molar refractivity (Wildman–Crippen MR) is 60.9 cm³/mol. The molecule has 1 aromatic carbocycles. The first-order valence-corrected chi connectivity index (χ1v) is 4.85. The van der Waals surface area contributed by atoms with Gasteiger partial charge in [-0.3, -0.25) is 0 Å². The summed E-state index contributed by atoms with van der Waals surface area (Å²) in [5.74, 6) is 0. The second-order valence-corrected chi connectivity index (χ2v) is 4.59. The zero-order valence-electron chi connectivity index (χ0n) is 9.20. The number of hydrogen-bond donors (Lipinski definition) is 2. The third kappa shape index (κ3) is 4.25. The minimum atomic E-state index is -0.00241. The van der Waals surface area contributed by atoms with Gasteiger partial charge < -0.3 is 15.5 Å². The monoisotopic (exact) mass is 194 g/mol. The van der Waals surface area contributed by atoms with Crippen LogP contribution < -0.4 is 11.1 Å². The number of nitrogens with one attached hydrogen (secondary N) is 1. The molecule has 0 aromatic heterocycles. The van der Waals surface area contributed by atoms with Crippen molar-refractivity contribution in [1.29, 1.82) is 0 Å². The van der Waals surface area contributed by atoms with Crippen LogP contribution in [0.1, 0.15) is 0 Å². The molecule has 78 valence electrons. The zero-order chi connectivity index (χ0) is 10.6. The van der Waals surface area contributed by atoms with Gasteiger partial charge in [0.2, 0.25) is 0 Å². The molecule has 0 aliphatic rings. The average molecular weight is 194 g/mol. The Bertz CT molecular complexity index is 264. The Kier molecular flexibility index (Phi) is 3.49. The highest BCUT2D eigenvalue weighted by atomic mass is 15.3. The van der Waals surface area contributed by atoms with Gasteiger partial charge >= 0.3 is 0 Å². The lowest BCUT2D eigenvalue weighted by Gasteiger charge is -2.28. The van der Waals surface area contributed by atoms with Gasteiger partial charge in [0.1, 0.15) is 12.7 Å². The molecular weight excluding hydrogens is 174 g/mol. The molecule has 1 atom stereocenters. The van der Waals surface area contributed by atoms with Gasteiger partial charge in [0, 0.05) is 5.69 Å². The van der Waals surface area contributed by atoms with Crippen molar-refractivity contribution in [2.45, 2.75) is 6.17 Å². The molecular formula is C11H20N3+. The maximum Gasteiger partial charge on any atom is 0.125 e. The van der Waals surface area contributed by atoms with Gasteiger partial charge in [-0.25, -0.2) is 0 Å². The Morgan fingerprint density at radius 3 is 2.29 bits per heavy atom. The number of quaternary nitrogens is 1. The lowest BCUT2D eigenvalue weighted by molar-refractivity contribution is -0.870. The van der Waals surface area contributed by atoms with E-state index in [-0.39, 0.29) is 6.17 Å². The fourth-order valence-corrected chi connectivity index (χ4v) is 1.38. The van der Waals surface area contributed by atoms with Crippen molar-refractivity contribution >= 4 is 5.69 Å². The van der Waals surface area contributed by atoms with Gasteiger partial charge in [-0.15, -0.1) is 0 Å². The Morgan fingerprint density at radius 2 is 1.79 bits per heavy atom. The summed E-state index contributed by atoms with van der Waals surface area (Å²) in [6, 6.07) is 10.0. The van der Waals surface area contributed by atoms with E-state index in [2.05, 4.69) is 26.5 Å². The van der Waals surface area contributed by atoms with Crippen molar-refractivity contribution in [2.24, 2.45) is 5.73 Å². The smallest absolute Gasteiger partial charge is 0.125 e. The first-order chi connectivity index (χ1) is 6.47. The van der Waals surface area contributed by atoms with Crippen LogP contribution in [0.3, 0.4) is 0 Å². The average Bonchev–Trinajstić information content (AvgIpc) is 2.02. The molecule has 0 spiro atoms. The van der Waals surface area contributed by atoms with E-state index in [1.807, 2.05) is 30.3 Å². The molecule has 0 saturated heterocycles. The van der Waals surface area contributed by atoms with Crippen LogP contribution in [-0.4, -0.2) is 38.3 Å². The van der Waals surface area contributed by atoms with E-state index in [0.29, 0.717) is 0 Å². The number of nitrogens with two attached hydrogens (primary N) is 1. The summed E-state index contributed by atoms with van der Waals surface area (Å²) in [7, 11) is 6.39. The largest absolute Gasteiger partial charge is 0.365 e. The number of anilines is 1. The fraction of sp³-hybridized carbons (Fsp3) is 0.455. The Hall–Kier alpha value is -1.06. The van der Waals surface area contributed by atoms with Gasteiger partial charge in [0.25, 0.3) is 0 Å². The molecule has 3 nitrogen and oxygen atoms in total. The second-order valence-electron chi connectivity index (χ2n) is 4.59. The first-order valence-electron chi connectivity index (χ1n) is 4.85. The fourth-order valence-electron chi connectivity index (χ4n) is 1.38. The number of benzene rings is 1. The summed E-state index contributed by atoms with van der Waals surface area (Å²) in [5.41, 5.74) is 7.04. The molecule has 3 N–H and O–H groups in total. The van der Waals surface area contributed by atoms with Crippen LogP contribution in [0, 0.1) is 0 Å². The highest BCUT2D eigenvalue weighted by Crippen LogP contribution is 2.06. The number of para-hydroxylation sites is 1. The normalized spacial score (nSPS) is 13.7. The molecule has 0 aliphatic carbocycles. The summed E-state index contributed by atoms with van der Waals surface area (Å²) in [6.45, 7) is 0.898. The predicted octanol–water partition coefficient (Wildman–Crippen LogP) is 1.09. The summed E-state index contributed by atoms with van der Waals surface area (Å²) in [6.07, 6.45) is -0.00241. The molecule has 14 heavy (non-hydrogen) atoms. The number of likely N-dealkylation sites (N-methyl/N-ethyl adjacent to an activating group) is 1. The van der Waals surface area contributed by atoms with E-state index >= 15 is 0 Å². The minimum absolute atomic E-state index is 0.00241. The molecule has 0 radical (unpaired) electrons. The van der Waals surface area contributed by atoms with Crippen LogP contribution >= 0.6 is 0 Å². The third-order valence-electron chi connectivity index (χ3n) is 1.87. The summed E-state index contributed by atoms with van der Waals surface area (Å²) in [4.78, 5) is 0. The molecule has 3 heteroatoms. The van der Waals surface area contributed by atoms with E-state index in [1.54, 1.807) is 0 Å². The van der Waals surface area contributed by atoms with E-state index in [0.717, 1.165) is 16.7 Å². The van der Waals surface area contributed by atoms with Gasteiger partial charge in [0.05, 0.1) is 21.1 Å². The Labute approximate surface area is 86.1 Å². The molecule has 1 aromatic rings. The number of hydrogen-bond acceptors (Lipinski definition) is 2. The van der Waals surface area contributed by atoms with Crippen LogP contribution in [0.15, 0.2) is 30.3 Å². The van der Waals surface area contributed by atoms with Gasteiger partial charge in [-0.2, -0.15) is 0 Å². The number of nitrogens with zero attached hydrogens (tertiary/aromatic N) is 1. The second kappa shape index (κ2) is 4.44. The molecule has 1 rings (SSSR count). The molecule has 0 aliphatic heterocycles. The summed E-state index contributed by atoms with van der Waals surface area (Å²) in [5, 5.41) is 3.26. The Morgan fingerprint density at radius 1 is 1.21 bits per heavy atom. The van der Waals surface area contributed by atoms with Crippen molar-refractivity contribution in [3.05, 3.63) is 30.3 Å². The quantitative estimate of drug-likeness (QED) is 0.556. The topological polar surface area (TPSA) is 38.0 Å². The van der Waals surface area contributed by atoms with Crippen molar-refractivity contribution in [2.75, 3.05) is 33.0 Å². The van der Waals surface area contributed by atoms with Gasteiger partial charge in [-0.05, 0) is 12.1 Å². The van der Waals surface area contributed by atoms with E-state index in [4.69, 9.17) is 5.73 Å². The lowest BCUT2D eigenvalue weighted by Crippen LogP contribution is -2.48. The zero-order valence-corrected chi connectivity index (χ0v) is 9.20. The molecule has 0 heterocycles. The number of rotatable bonds is 4. The summed E-state index contributed by atoms with van der Waals surface area (Å²) < 4.78 is 0.862. The minimum Gasteiger partial charge on any atom is -0.365 e. The SMILES string of the molecule is C[N+](C)(C)CC(N)Nc1ccccc1. The highest BCUT2D eigenvalue weighted by Gasteiger charge is 2.13. The maximum atomic E-state index is 5.97. The molecule has 0 saturated carbocycles. The first kappa shape index (κ1) is 11.0. The van der Waals surface area contributed by atoms with Crippen molar-refractivity contribution < 1.29 is 4.48 Å². The Balaban J connectivity index is 2.46. The van der Waals surface area contributed by atoms with Crippen molar-refractivity contribution in [3.63, 3.8) is 0 Å². The van der Waals surface area contributed by atoms with E-state index in [9.17, 15) is 0 Å². The van der Waals surface area contributed by atoms with Crippen LogP contribution in [0.25, 0.3) is 0 Å².